The maximum Gasteiger partial charge on any atom is 0.460 e. The number of amides is 1. The number of hydrogen-bond acceptors (Lipinski definition) is 3. The van der Waals surface area contributed by atoms with Crippen molar-refractivity contribution >= 4 is 11.7 Å². The lowest BCUT2D eigenvalue weighted by atomic mass is 10.1. The highest BCUT2D eigenvalue weighted by atomic mass is 19.4. The van der Waals surface area contributed by atoms with Crippen LogP contribution >= 0.6 is 0 Å². The number of unbranched alkanes of at least 4 members (excludes halogenated alkanes) is 7. The topological polar surface area (TPSA) is 55.4 Å². The number of hydrogen-bond donors (Lipinski definition) is 1. The summed E-state index contributed by atoms with van der Waals surface area (Å²) >= 11 is 0. The average molecular weight is 620 g/mol. The molecule has 1 amide bonds. The fourth-order valence-electron chi connectivity index (χ4n) is 5.01. The molecule has 0 spiro atoms. The van der Waals surface area contributed by atoms with Gasteiger partial charge in [0.25, 0.3) is 5.91 Å². The van der Waals surface area contributed by atoms with Crippen molar-refractivity contribution in [2.75, 3.05) is 40.3 Å². The fourth-order valence-corrected chi connectivity index (χ4v) is 5.01. The number of ketones is 1. The number of carbonyl (C=O) groups is 2. The molecule has 238 valence electrons. The summed E-state index contributed by atoms with van der Waals surface area (Å²) in [6, 6.07) is 13.2. The van der Waals surface area contributed by atoms with Crippen molar-refractivity contribution in [1.29, 1.82) is 0 Å². The van der Waals surface area contributed by atoms with E-state index in [0.29, 0.717) is 24.5 Å². The Morgan fingerprint density at radius 3 is 1.93 bits per heavy atom. The maximum absolute atomic E-state index is 13.4. The maximum atomic E-state index is 13.4. The largest absolute Gasteiger partial charge is 0.494 e. The molecule has 2 aromatic rings. The number of ether oxygens (including phenoxy) is 1. The summed E-state index contributed by atoms with van der Waals surface area (Å²) in [5.41, 5.74) is 3.28. The SMILES string of the molecule is C[N+](C)(CCCCCCCCCCOc1ccc2c(c1)C(=O)c1ccccc1-2)CCNC(=O)C(F)(F)C(F)(F)C(F)(F)F. The van der Waals surface area contributed by atoms with E-state index < -0.39 is 30.5 Å². The van der Waals surface area contributed by atoms with Crippen molar-refractivity contribution in [2.24, 2.45) is 0 Å². The van der Waals surface area contributed by atoms with E-state index in [9.17, 15) is 40.3 Å². The Labute approximate surface area is 247 Å². The molecule has 5 nitrogen and oxygen atoms in total. The lowest BCUT2D eigenvalue weighted by molar-refractivity contribution is -0.889. The molecule has 43 heavy (non-hydrogen) atoms. The van der Waals surface area contributed by atoms with Crippen LogP contribution < -0.4 is 10.1 Å². The quantitative estimate of drug-likeness (QED) is 0.0972. The van der Waals surface area contributed by atoms with Crippen LogP contribution in [-0.4, -0.2) is 74.5 Å². The number of halogens is 7. The van der Waals surface area contributed by atoms with Crippen LogP contribution in [0.4, 0.5) is 30.7 Å². The van der Waals surface area contributed by atoms with Crippen molar-refractivity contribution < 1.29 is 49.5 Å². The van der Waals surface area contributed by atoms with Gasteiger partial charge < -0.3 is 14.5 Å². The Bertz CT molecular complexity index is 1260. The van der Waals surface area contributed by atoms with E-state index >= 15 is 0 Å². The molecule has 3 rings (SSSR count). The molecule has 0 aliphatic heterocycles. The molecule has 1 aliphatic carbocycles. The van der Waals surface area contributed by atoms with E-state index in [1.807, 2.05) is 42.5 Å². The molecule has 0 radical (unpaired) electrons. The first-order chi connectivity index (χ1) is 20.1. The number of fused-ring (bicyclic) bond motifs is 3. The molecule has 0 aromatic heterocycles. The molecule has 0 unspecified atom stereocenters. The van der Waals surface area contributed by atoms with Gasteiger partial charge in [-0.15, -0.1) is 0 Å². The number of nitrogens with zero attached hydrogens (tertiary/aromatic N) is 1. The average Bonchev–Trinajstić information content (AvgIpc) is 3.22. The second kappa shape index (κ2) is 14.1. The third-order valence-corrected chi connectivity index (χ3v) is 7.66. The summed E-state index contributed by atoms with van der Waals surface area (Å²) in [6.07, 6.45) is 1.26. The van der Waals surface area contributed by atoms with Gasteiger partial charge in [0.05, 0.1) is 40.3 Å². The number of alkyl halides is 7. The van der Waals surface area contributed by atoms with Crippen LogP contribution in [0, 0.1) is 0 Å². The lowest BCUT2D eigenvalue weighted by Gasteiger charge is -2.31. The standard InChI is InChI=1S/C31H37F7N2O3/c1-40(2,19-17-39-28(42)29(32,33)30(34,35)31(36,37)38)18-11-7-5-3-4-6-8-12-20-43-22-15-16-24-23-13-9-10-14-25(23)27(41)26(24)21-22/h9-10,13-16,21H,3-8,11-12,17-20H2,1-2H3/p+1. The van der Waals surface area contributed by atoms with Crippen LogP contribution in [0.5, 0.6) is 5.75 Å². The van der Waals surface area contributed by atoms with Gasteiger partial charge in [-0.3, -0.25) is 9.59 Å². The first-order valence-corrected chi connectivity index (χ1v) is 14.4. The van der Waals surface area contributed by atoms with Gasteiger partial charge >= 0.3 is 18.0 Å². The number of rotatable bonds is 17. The Kier molecular flexibility index (Phi) is 11.3. The predicted octanol–water partition coefficient (Wildman–Crippen LogP) is 7.42. The van der Waals surface area contributed by atoms with E-state index in [-0.39, 0.29) is 16.8 Å². The van der Waals surface area contributed by atoms with Gasteiger partial charge in [0, 0.05) is 11.1 Å². The van der Waals surface area contributed by atoms with Crippen LogP contribution in [-0.2, 0) is 4.79 Å². The number of benzene rings is 2. The molecule has 12 heteroatoms. The smallest absolute Gasteiger partial charge is 0.460 e. The minimum Gasteiger partial charge on any atom is -0.494 e. The highest BCUT2D eigenvalue weighted by molar-refractivity contribution is 6.21. The van der Waals surface area contributed by atoms with Gasteiger partial charge in [-0.05, 0) is 48.6 Å². The fraction of sp³-hybridized carbons (Fsp3) is 0.548. The predicted molar refractivity (Wildman–Crippen MR) is 149 cm³/mol. The second-order valence-electron chi connectivity index (χ2n) is 11.5. The van der Waals surface area contributed by atoms with E-state index in [2.05, 4.69) is 0 Å². The van der Waals surface area contributed by atoms with Crippen LogP contribution in [0.2, 0.25) is 0 Å². The lowest BCUT2D eigenvalue weighted by Crippen LogP contribution is -2.60. The molecule has 2 aromatic carbocycles. The molecular weight excluding hydrogens is 581 g/mol. The van der Waals surface area contributed by atoms with Crippen molar-refractivity contribution in [3.05, 3.63) is 53.6 Å². The molecule has 0 bridgehead atoms. The van der Waals surface area contributed by atoms with Gasteiger partial charge in [-0.2, -0.15) is 30.7 Å². The number of quaternary nitrogens is 1. The van der Waals surface area contributed by atoms with E-state index in [4.69, 9.17) is 4.74 Å². The third-order valence-electron chi connectivity index (χ3n) is 7.66. The van der Waals surface area contributed by atoms with Gasteiger partial charge in [0.15, 0.2) is 5.78 Å². The normalized spacial score (nSPS) is 13.6. The molecular formula is C31H38F7N2O3+. The number of carbonyl (C=O) groups excluding carboxylic acids is 2. The summed E-state index contributed by atoms with van der Waals surface area (Å²) in [6.45, 7) is 0.827. The summed E-state index contributed by atoms with van der Waals surface area (Å²) in [5.74, 6) is -14.3. The second-order valence-corrected chi connectivity index (χ2v) is 11.5. The van der Waals surface area contributed by atoms with Gasteiger partial charge in [0.2, 0.25) is 0 Å². The highest BCUT2D eigenvalue weighted by Gasteiger charge is 2.76. The Morgan fingerprint density at radius 2 is 1.30 bits per heavy atom. The van der Waals surface area contributed by atoms with E-state index in [0.717, 1.165) is 68.1 Å². The summed E-state index contributed by atoms with van der Waals surface area (Å²) < 4.78 is 95.6. The molecule has 0 saturated heterocycles. The van der Waals surface area contributed by atoms with Crippen molar-refractivity contribution in [3.63, 3.8) is 0 Å². The number of nitrogens with one attached hydrogen (secondary N) is 1. The summed E-state index contributed by atoms with van der Waals surface area (Å²) in [5, 5.41) is 1.51. The monoisotopic (exact) mass is 619 g/mol. The van der Waals surface area contributed by atoms with E-state index in [1.54, 1.807) is 14.1 Å². The Hall–Kier alpha value is -3.15. The van der Waals surface area contributed by atoms with Gasteiger partial charge in [0.1, 0.15) is 5.75 Å². The van der Waals surface area contributed by atoms with Crippen LogP contribution in [0.15, 0.2) is 42.5 Å². The highest BCUT2D eigenvalue weighted by Crippen LogP contribution is 2.46. The minimum atomic E-state index is -6.54. The Balaban J connectivity index is 1.21. The molecule has 0 fully saturated rings. The molecule has 1 N–H and O–H groups in total. The van der Waals surface area contributed by atoms with E-state index in [1.165, 1.54) is 5.32 Å². The van der Waals surface area contributed by atoms with Crippen LogP contribution in [0.3, 0.4) is 0 Å². The zero-order valence-electron chi connectivity index (χ0n) is 24.3. The number of likely N-dealkylation sites (N-methyl/N-ethyl adjacent to an activating group) is 1. The third kappa shape index (κ3) is 8.49. The summed E-state index contributed by atoms with van der Waals surface area (Å²) in [7, 11) is 3.52. The molecule has 1 aliphatic rings. The van der Waals surface area contributed by atoms with Crippen LogP contribution in [0.1, 0.15) is 67.3 Å². The zero-order chi connectivity index (χ0) is 31.9. The van der Waals surface area contributed by atoms with Crippen LogP contribution in [0.25, 0.3) is 11.1 Å². The summed E-state index contributed by atoms with van der Waals surface area (Å²) in [4.78, 5) is 24.0. The molecule has 0 saturated carbocycles. The van der Waals surface area contributed by atoms with Crippen molar-refractivity contribution in [2.45, 2.75) is 69.4 Å². The van der Waals surface area contributed by atoms with Crippen molar-refractivity contribution in [1.82, 2.24) is 5.32 Å². The van der Waals surface area contributed by atoms with Gasteiger partial charge in [-0.1, -0.05) is 56.4 Å². The zero-order valence-corrected chi connectivity index (χ0v) is 24.3. The van der Waals surface area contributed by atoms with Crippen molar-refractivity contribution in [3.8, 4) is 16.9 Å². The molecule has 0 atom stereocenters. The first kappa shape index (κ1) is 34.3. The first-order valence-electron chi connectivity index (χ1n) is 14.4. The molecule has 0 heterocycles. The Morgan fingerprint density at radius 1 is 0.744 bits per heavy atom. The van der Waals surface area contributed by atoms with Gasteiger partial charge in [-0.25, -0.2) is 0 Å². The minimum absolute atomic E-state index is 0.0208.